The maximum Gasteiger partial charge on any atom is 0.227 e. The summed E-state index contributed by atoms with van der Waals surface area (Å²) in [5, 5.41) is 2.81. The summed E-state index contributed by atoms with van der Waals surface area (Å²) in [7, 11) is 0. The highest BCUT2D eigenvalue weighted by Gasteiger charge is 2.26. The molecule has 15 heavy (non-hydrogen) atoms. The van der Waals surface area contributed by atoms with Gasteiger partial charge in [0.05, 0.1) is 12.5 Å². The summed E-state index contributed by atoms with van der Waals surface area (Å²) >= 11 is 3.41. The smallest absolute Gasteiger partial charge is 0.227 e. The number of ketones is 1. The standard InChI is InChI=1S/C11H10BrNO2/c12-9-4-2-1-3-8(9)10-5-7(14)6-11(15)13-10/h1-4,10H,5-6H2,(H,13,15). The number of carbonyl (C=O) groups excluding carboxylic acids is 2. The number of benzene rings is 1. The number of halogens is 1. The van der Waals surface area contributed by atoms with Crippen molar-refractivity contribution in [3.63, 3.8) is 0 Å². The number of Topliss-reactive ketones (excluding diaryl/α,β-unsaturated/α-hetero) is 1. The van der Waals surface area contributed by atoms with Crippen LogP contribution in [-0.2, 0) is 9.59 Å². The lowest BCUT2D eigenvalue weighted by Crippen LogP contribution is -2.37. The van der Waals surface area contributed by atoms with Crippen LogP contribution in [-0.4, -0.2) is 11.7 Å². The number of rotatable bonds is 1. The molecule has 0 bridgehead atoms. The van der Waals surface area contributed by atoms with Gasteiger partial charge in [-0.05, 0) is 11.6 Å². The number of nitrogens with one attached hydrogen (secondary N) is 1. The molecule has 1 amide bonds. The molecule has 78 valence electrons. The van der Waals surface area contributed by atoms with Gasteiger partial charge < -0.3 is 5.32 Å². The Bertz CT molecular complexity index is 401. The Morgan fingerprint density at radius 3 is 2.67 bits per heavy atom. The van der Waals surface area contributed by atoms with Gasteiger partial charge >= 0.3 is 0 Å². The minimum atomic E-state index is -0.188. The SMILES string of the molecule is O=C1CC(=O)NC(c2ccccc2Br)C1. The molecule has 1 aromatic carbocycles. The number of piperidine rings is 1. The fourth-order valence-electron chi connectivity index (χ4n) is 1.72. The maximum atomic E-state index is 11.3. The van der Waals surface area contributed by atoms with E-state index in [1.807, 2.05) is 24.3 Å². The van der Waals surface area contributed by atoms with E-state index in [1.54, 1.807) is 0 Å². The van der Waals surface area contributed by atoms with E-state index in [-0.39, 0.29) is 24.2 Å². The molecule has 1 aliphatic rings. The summed E-state index contributed by atoms with van der Waals surface area (Å²) in [6.07, 6.45) is 0.398. The predicted molar refractivity (Wildman–Crippen MR) is 59.3 cm³/mol. The second kappa shape index (κ2) is 4.14. The van der Waals surface area contributed by atoms with Gasteiger partial charge in [-0.15, -0.1) is 0 Å². The monoisotopic (exact) mass is 267 g/mol. The Labute approximate surface area is 96.0 Å². The third-order valence-corrected chi connectivity index (χ3v) is 3.13. The van der Waals surface area contributed by atoms with Gasteiger partial charge in [-0.2, -0.15) is 0 Å². The Morgan fingerprint density at radius 2 is 2.00 bits per heavy atom. The summed E-state index contributed by atoms with van der Waals surface area (Å²) in [5.41, 5.74) is 0.957. The molecule has 1 N–H and O–H groups in total. The van der Waals surface area contributed by atoms with Gasteiger partial charge in [-0.1, -0.05) is 34.1 Å². The molecule has 1 fully saturated rings. The normalized spacial score (nSPS) is 21.3. The first kappa shape index (κ1) is 10.4. The first-order valence-electron chi connectivity index (χ1n) is 4.72. The molecule has 1 unspecified atom stereocenters. The number of carbonyl (C=O) groups is 2. The van der Waals surface area contributed by atoms with E-state index in [0.717, 1.165) is 10.0 Å². The number of hydrogen-bond acceptors (Lipinski definition) is 2. The van der Waals surface area contributed by atoms with Crippen molar-refractivity contribution in [3.8, 4) is 0 Å². The van der Waals surface area contributed by atoms with Gasteiger partial charge in [0.1, 0.15) is 5.78 Å². The van der Waals surface area contributed by atoms with Crippen LogP contribution in [0, 0.1) is 0 Å². The van der Waals surface area contributed by atoms with Crippen LogP contribution < -0.4 is 5.32 Å². The topological polar surface area (TPSA) is 46.2 Å². The van der Waals surface area contributed by atoms with Crippen LogP contribution in [0.2, 0.25) is 0 Å². The molecule has 1 atom stereocenters. The third kappa shape index (κ3) is 2.26. The molecule has 1 saturated heterocycles. The third-order valence-electron chi connectivity index (χ3n) is 2.41. The lowest BCUT2D eigenvalue weighted by Gasteiger charge is -2.23. The molecule has 3 nitrogen and oxygen atoms in total. The lowest BCUT2D eigenvalue weighted by molar-refractivity contribution is -0.132. The van der Waals surface area contributed by atoms with E-state index in [2.05, 4.69) is 21.2 Å². The largest absolute Gasteiger partial charge is 0.348 e. The molecule has 2 rings (SSSR count). The molecule has 0 saturated carbocycles. The zero-order valence-electron chi connectivity index (χ0n) is 8.00. The van der Waals surface area contributed by atoms with Crippen LogP contribution >= 0.6 is 15.9 Å². The van der Waals surface area contributed by atoms with Crippen molar-refractivity contribution in [2.75, 3.05) is 0 Å². The van der Waals surface area contributed by atoms with Crippen LogP contribution in [0.15, 0.2) is 28.7 Å². The van der Waals surface area contributed by atoms with E-state index < -0.39 is 0 Å². The van der Waals surface area contributed by atoms with Crippen LogP contribution in [0.5, 0.6) is 0 Å². The average Bonchev–Trinajstić information content (AvgIpc) is 2.16. The van der Waals surface area contributed by atoms with E-state index in [1.165, 1.54) is 0 Å². The molecule has 1 heterocycles. The van der Waals surface area contributed by atoms with Crippen molar-refractivity contribution in [2.24, 2.45) is 0 Å². The Morgan fingerprint density at radius 1 is 1.27 bits per heavy atom. The quantitative estimate of drug-likeness (QED) is 0.791. The molecule has 0 aliphatic carbocycles. The average molecular weight is 268 g/mol. The summed E-state index contributed by atoms with van der Waals surface area (Å²) in [6, 6.07) is 7.42. The van der Waals surface area contributed by atoms with E-state index >= 15 is 0 Å². The maximum absolute atomic E-state index is 11.3. The van der Waals surface area contributed by atoms with Crippen LogP contribution in [0.25, 0.3) is 0 Å². The highest BCUT2D eigenvalue weighted by atomic mass is 79.9. The highest BCUT2D eigenvalue weighted by Crippen LogP contribution is 2.27. The highest BCUT2D eigenvalue weighted by molar-refractivity contribution is 9.10. The van der Waals surface area contributed by atoms with Gasteiger partial charge in [-0.3, -0.25) is 9.59 Å². The molecule has 1 aliphatic heterocycles. The van der Waals surface area contributed by atoms with Crippen LogP contribution in [0.1, 0.15) is 24.4 Å². The molecule has 0 radical (unpaired) electrons. The summed E-state index contributed by atoms with van der Waals surface area (Å²) < 4.78 is 0.921. The zero-order chi connectivity index (χ0) is 10.8. The molecule has 4 heteroatoms. The van der Waals surface area contributed by atoms with Gasteiger partial charge in [0.15, 0.2) is 0 Å². The minimum Gasteiger partial charge on any atom is -0.348 e. The Balaban J connectivity index is 2.27. The first-order valence-corrected chi connectivity index (χ1v) is 5.51. The van der Waals surface area contributed by atoms with Crippen molar-refractivity contribution in [1.29, 1.82) is 0 Å². The van der Waals surface area contributed by atoms with Crippen LogP contribution in [0.4, 0.5) is 0 Å². The molecular weight excluding hydrogens is 258 g/mol. The van der Waals surface area contributed by atoms with Crippen molar-refractivity contribution < 1.29 is 9.59 Å². The van der Waals surface area contributed by atoms with E-state index in [4.69, 9.17) is 0 Å². The fourth-order valence-corrected chi connectivity index (χ4v) is 2.28. The number of hydrogen-bond donors (Lipinski definition) is 1. The molecule has 0 spiro atoms. The Kier molecular flexibility index (Phi) is 2.86. The zero-order valence-corrected chi connectivity index (χ0v) is 9.58. The van der Waals surface area contributed by atoms with Gasteiger partial charge in [-0.25, -0.2) is 0 Å². The van der Waals surface area contributed by atoms with Gasteiger partial charge in [0.2, 0.25) is 5.91 Å². The van der Waals surface area contributed by atoms with Crippen molar-refractivity contribution in [3.05, 3.63) is 34.3 Å². The van der Waals surface area contributed by atoms with E-state index in [9.17, 15) is 9.59 Å². The van der Waals surface area contributed by atoms with Gasteiger partial charge in [0, 0.05) is 10.9 Å². The van der Waals surface area contributed by atoms with Crippen molar-refractivity contribution >= 4 is 27.6 Å². The number of amides is 1. The summed E-state index contributed by atoms with van der Waals surface area (Å²) in [5.74, 6) is -0.188. The molecule has 1 aromatic rings. The predicted octanol–water partition coefficient (Wildman–Crippen LogP) is 1.97. The Hall–Kier alpha value is -1.16. The first-order chi connectivity index (χ1) is 7.16. The van der Waals surface area contributed by atoms with E-state index in [0.29, 0.717) is 6.42 Å². The summed E-state index contributed by atoms with van der Waals surface area (Å²) in [4.78, 5) is 22.5. The minimum absolute atomic E-state index is 0.000460. The van der Waals surface area contributed by atoms with Crippen molar-refractivity contribution in [1.82, 2.24) is 5.32 Å². The fraction of sp³-hybridized carbons (Fsp3) is 0.273. The van der Waals surface area contributed by atoms with Gasteiger partial charge in [0.25, 0.3) is 0 Å². The summed E-state index contributed by atoms with van der Waals surface area (Å²) in [6.45, 7) is 0. The molecule has 0 aromatic heterocycles. The molecular formula is C11H10BrNO2. The van der Waals surface area contributed by atoms with Crippen molar-refractivity contribution in [2.45, 2.75) is 18.9 Å². The van der Waals surface area contributed by atoms with Crippen LogP contribution in [0.3, 0.4) is 0 Å². The second-order valence-corrected chi connectivity index (χ2v) is 4.42. The lowest BCUT2D eigenvalue weighted by atomic mass is 9.96. The second-order valence-electron chi connectivity index (χ2n) is 3.56.